The van der Waals surface area contributed by atoms with Crippen LogP contribution in [0.4, 0.5) is 0 Å². The van der Waals surface area contributed by atoms with Gasteiger partial charge >= 0.3 is 5.97 Å². The summed E-state index contributed by atoms with van der Waals surface area (Å²) in [6.07, 6.45) is 0.0719. The molecular formula is C12H16N2O5S. The zero-order chi connectivity index (χ0) is 15.2. The number of amides is 1. The number of likely N-dealkylation sites (N-methyl/N-ethyl adjacent to an activating group) is 1. The summed E-state index contributed by atoms with van der Waals surface area (Å²) in [4.78, 5) is 22.1. The van der Waals surface area contributed by atoms with Gasteiger partial charge < -0.3 is 10.1 Å². The molecule has 0 aliphatic rings. The van der Waals surface area contributed by atoms with Crippen LogP contribution in [0.15, 0.2) is 29.2 Å². The highest BCUT2D eigenvalue weighted by Crippen LogP contribution is 2.11. The maximum Gasteiger partial charge on any atom is 0.309 e. The highest BCUT2D eigenvalue weighted by Gasteiger charge is 2.15. The number of sulfonamides is 1. The highest BCUT2D eigenvalue weighted by molar-refractivity contribution is 7.89. The number of esters is 1. The Labute approximate surface area is 117 Å². The molecule has 0 fully saturated rings. The van der Waals surface area contributed by atoms with Gasteiger partial charge in [0, 0.05) is 7.05 Å². The lowest BCUT2D eigenvalue weighted by Crippen LogP contribution is -2.35. The summed E-state index contributed by atoms with van der Waals surface area (Å²) in [6, 6.07) is 5.77. The fourth-order valence-electron chi connectivity index (χ4n) is 1.36. The fourth-order valence-corrected chi connectivity index (χ4v) is 2.34. The van der Waals surface area contributed by atoms with Crippen LogP contribution in [0.1, 0.15) is 5.56 Å². The van der Waals surface area contributed by atoms with Crippen LogP contribution in [0.3, 0.4) is 0 Å². The van der Waals surface area contributed by atoms with E-state index in [0.717, 1.165) is 0 Å². The maximum absolute atomic E-state index is 11.9. The minimum atomic E-state index is -3.74. The SMILES string of the molecule is CNC(=O)CNS(=O)(=O)c1ccc(CC(=O)OC)cc1. The number of carbonyl (C=O) groups excluding carboxylic acids is 2. The molecule has 0 heterocycles. The molecule has 1 amide bonds. The largest absolute Gasteiger partial charge is 0.469 e. The zero-order valence-corrected chi connectivity index (χ0v) is 12.0. The molecule has 0 spiro atoms. The molecule has 0 saturated carbocycles. The summed E-state index contributed by atoms with van der Waals surface area (Å²) in [5.74, 6) is -0.839. The standard InChI is InChI=1S/C12H16N2O5S/c1-13-11(15)8-14-20(17,18)10-5-3-9(4-6-10)7-12(16)19-2/h3-6,14H,7-8H2,1-2H3,(H,13,15). The molecule has 7 nitrogen and oxygen atoms in total. The minimum Gasteiger partial charge on any atom is -0.469 e. The van der Waals surface area contributed by atoms with Crippen LogP contribution in [0.5, 0.6) is 0 Å². The molecule has 1 aromatic carbocycles. The van der Waals surface area contributed by atoms with Crippen molar-refractivity contribution in [3.05, 3.63) is 29.8 Å². The van der Waals surface area contributed by atoms with Crippen molar-refractivity contribution in [1.29, 1.82) is 0 Å². The molecule has 0 bridgehead atoms. The van der Waals surface area contributed by atoms with E-state index < -0.39 is 21.9 Å². The van der Waals surface area contributed by atoms with Crippen LogP contribution in [-0.2, 0) is 30.8 Å². The molecule has 0 atom stereocenters. The molecule has 20 heavy (non-hydrogen) atoms. The molecule has 0 aromatic heterocycles. The third kappa shape index (κ3) is 4.63. The first-order valence-corrected chi connectivity index (χ1v) is 7.23. The van der Waals surface area contributed by atoms with Gasteiger partial charge in [-0.05, 0) is 17.7 Å². The van der Waals surface area contributed by atoms with Crippen LogP contribution in [-0.4, -0.2) is 41.0 Å². The average Bonchev–Trinajstić information content (AvgIpc) is 2.45. The Balaban J connectivity index is 2.76. The Kier molecular flexibility index (Phi) is 5.66. The normalized spacial score (nSPS) is 10.9. The summed E-state index contributed by atoms with van der Waals surface area (Å²) in [5, 5.41) is 2.31. The Bertz CT molecular complexity index is 580. The number of methoxy groups -OCH3 is 1. The van der Waals surface area contributed by atoms with Gasteiger partial charge in [0.1, 0.15) is 0 Å². The van der Waals surface area contributed by atoms with Gasteiger partial charge in [0.15, 0.2) is 0 Å². The fraction of sp³-hybridized carbons (Fsp3) is 0.333. The molecule has 0 unspecified atom stereocenters. The topological polar surface area (TPSA) is 102 Å². The summed E-state index contributed by atoms with van der Waals surface area (Å²) in [6.45, 7) is -0.331. The Morgan fingerprint density at radius 2 is 1.80 bits per heavy atom. The minimum absolute atomic E-state index is 0.0232. The molecule has 0 radical (unpaired) electrons. The molecule has 110 valence electrons. The second-order valence-electron chi connectivity index (χ2n) is 3.89. The van der Waals surface area contributed by atoms with E-state index in [2.05, 4.69) is 14.8 Å². The van der Waals surface area contributed by atoms with Crippen molar-refractivity contribution in [2.75, 3.05) is 20.7 Å². The van der Waals surface area contributed by atoms with Gasteiger partial charge in [0.2, 0.25) is 15.9 Å². The number of nitrogens with one attached hydrogen (secondary N) is 2. The van der Waals surface area contributed by atoms with Gasteiger partial charge in [-0.3, -0.25) is 9.59 Å². The van der Waals surface area contributed by atoms with Crippen molar-refractivity contribution >= 4 is 21.9 Å². The quantitative estimate of drug-likeness (QED) is 0.685. The number of rotatable bonds is 6. The lowest BCUT2D eigenvalue weighted by molar-refractivity contribution is -0.139. The van der Waals surface area contributed by atoms with Crippen molar-refractivity contribution in [1.82, 2.24) is 10.0 Å². The van der Waals surface area contributed by atoms with Crippen molar-refractivity contribution in [3.63, 3.8) is 0 Å². The van der Waals surface area contributed by atoms with Crippen LogP contribution in [0.25, 0.3) is 0 Å². The lowest BCUT2D eigenvalue weighted by Gasteiger charge is -2.07. The van der Waals surface area contributed by atoms with Gasteiger partial charge in [-0.25, -0.2) is 13.1 Å². The molecule has 2 N–H and O–H groups in total. The van der Waals surface area contributed by atoms with Crippen molar-refractivity contribution in [2.24, 2.45) is 0 Å². The van der Waals surface area contributed by atoms with Crippen molar-refractivity contribution < 1.29 is 22.7 Å². The van der Waals surface area contributed by atoms with Gasteiger partial charge in [-0.15, -0.1) is 0 Å². The maximum atomic E-state index is 11.9. The van der Waals surface area contributed by atoms with Gasteiger partial charge in [0.05, 0.1) is 25.0 Å². The van der Waals surface area contributed by atoms with Crippen molar-refractivity contribution in [2.45, 2.75) is 11.3 Å². The second-order valence-corrected chi connectivity index (χ2v) is 5.66. The number of ether oxygens (including phenoxy) is 1. The van der Waals surface area contributed by atoms with Gasteiger partial charge in [-0.2, -0.15) is 0 Å². The predicted octanol–water partition coefficient (Wildman–Crippen LogP) is -0.574. The first-order valence-electron chi connectivity index (χ1n) is 5.75. The van der Waals surface area contributed by atoms with Crippen LogP contribution < -0.4 is 10.0 Å². The van der Waals surface area contributed by atoms with E-state index in [4.69, 9.17) is 0 Å². The molecule has 1 rings (SSSR count). The molecule has 8 heteroatoms. The smallest absolute Gasteiger partial charge is 0.309 e. The van der Waals surface area contributed by atoms with E-state index in [1.165, 1.54) is 38.4 Å². The first-order chi connectivity index (χ1) is 9.39. The molecule has 0 aliphatic carbocycles. The monoisotopic (exact) mass is 300 g/mol. The van der Waals surface area contributed by atoms with Crippen LogP contribution >= 0.6 is 0 Å². The molecule has 0 aliphatic heterocycles. The number of benzene rings is 1. The molecule has 1 aromatic rings. The third-order valence-electron chi connectivity index (χ3n) is 2.51. The summed E-state index contributed by atoms with van der Waals surface area (Å²) in [7, 11) is -1.05. The first kappa shape index (κ1) is 16.1. The Morgan fingerprint density at radius 1 is 1.20 bits per heavy atom. The molecular weight excluding hydrogens is 284 g/mol. The predicted molar refractivity (Wildman–Crippen MR) is 71.4 cm³/mol. The second kappa shape index (κ2) is 7.01. The van der Waals surface area contributed by atoms with Gasteiger partial charge in [-0.1, -0.05) is 12.1 Å². The summed E-state index contributed by atoms with van der Waals surface area (Å²) < 4.78 is 30.4. The van der Waals surface area contributed by atoms with E-state index in [1.807, 2.05) is 0 Å². The van der Waals surface area contributed by atoms with E-state index in [0.29, 0.717) is 5.56 Å². The zero-order valence-electron chi connectivity index (χ0n) is 11.2. The number of hydrogen-bond donors (Lipinski definition) is 2. The molecule has 0 saturated heterocycles. The Morgan fingerprint density at radius 3 is 2.30 bits per heavy atom. The van der Waals surface area contributed by atoms with Crippen LogP contribution in [0.2, 0.25) is 0 Å². The average molecular weight is 300 g/mol. The van der Waals surface area contributed by atoms with E-state index in [-0.39, 0.29) is 17.9 Å². The van der Waals surface area contributed by atoms with Gasteiger partial charge in [0.25, 0.3) is 0 Å². The highest BCUT2D eigenvalue weighted by atomic mass is 32.2. The van der Waals surface area contributed by atoms with Crippen molar-refractivity contribution in [3.8, 4) is 0 Å². The number of hydrogen-bond acceptors (Lipinski definition) is 5. The number of carbonyl (C=O) groups is 2. The Hall–Kier alpha value is -1.93. The lowest BCUT2D eigenvalue weighted by atomic mass is 10.2. The third-order valence-corrected chi connectivity index (χ3v) is 3.93. The van der Waals surface area contributed by atoms with E-state index in [9.17, 15) is 18.0 Å². The van der Waals surface area contributed by atoms with E-state index >= 15 is 0 Å². The summed E-state index contributed by atoms with van der Waals surface area (Å²) in [5.41, 5.74) is 0.641. The summed E-state index contributed by atoms with van der Waals surface area (Å²) >= 11 is 0. The van der Waals surface area contributed by atoms with Crippen LogP contribution in [0, 0.1) is 0 Å². The van der Waals surface area contributed by atoms with E-state index in [1.54, 1.807) is 0 Å².